The van der Waals surface area contributed by atoms with Crippen molar-refractivity contribution in [1.29, 1.82) is 0 Å². The number of halogens is 3. The van der Waals surface area contributed by atoms with Crippen LogP contribution in [0.15, 0.2) is 47.6 Å². The maximum atomic E-state index is 13.0. The molecule has 1 aromatic heterocycles. The summed E-state index contributed by atoms with van der Waals surface area (Å²) in [5.41, 5.74) is -0.268. The lowest BCUT2D eigenvalue weighted by Gasteiger charge is -2.24. The summed E-state index contributed by atoms with van der Waals surface area (Å²) in [5, 5.41) is 11.6. The van der Waals surface area contributed by atoms with Crippen LogP contribution in [0.1, 0.15) is 22.8 Å². The summed E-state index contributed by atoms with van der Waals surface area (Å²) in [6, 6.07) is 8.15. The quantitative estimate of drug-likeness (QED) is 0.394. The molecule has 144 valence electrons. The van der Waals surface area contributed by atoms with Gasteiger partial charge in [-0.2, -0.15) is 13.2 Å². The largest absolute Gasteiger partial charge is 0.406 e. The van der Waals surface area contributed by atoms with Gasteiger partial charge in [-0.15, -0.1) is 11.8 Å². The predicted molar refractivity (Wildman–Crippen MR) is 94.5 cm³/mol. The smallest absolute Gasteiger partial charge is 0.325 e. The summed E-state index contributed by atoms with van der Waals surface area (Å²) < 4.78 is 39.0. The van der Waals surface area contributed by atoms with Gasteiger partial charge in [-0.3, -0.25) is 14.9 Å². The second-order valence-corrected chi connectivity index (χ2v) is 6.76. The molecule has 6 nitrogen and oxygen atoms in total. The molecule has 0 N–H and O–H groups in total. The number of hydrogen-bond donors (Lipinski definition) is 0. The number of nitro groups is 1. The van der Waals surface area contributed by atoms with E-state index < -0.39 is 30.1 Å². The first-order chi connectivity index (χ1) is 12.7. The van der Waals surface area contributed by atoms with Crippen LogP contribution >= 0.6 is 11.8 Å². The number of aromatic nitrogens is 1. The van der Waals surface area contributed by atoms with Gasteiger partial charge in [0.25, 0.3) is 11.6 Å². The fourth-order valence-electron chi connectivity index (χ4n) is 2.40. The van der Waals surface area contributed by atoms with Crippen molar-refractivity contribution < 1.29 is 22.9 Å². The van der Waals surface area contributed by atoms with Crippen LogP contribution in [0.4, 0.5) is 18.9 Å². The van der Waals surface area contributed by atoms with Crippen LogP contribution in [-0.4, -0.2) is 39.2 Å². The summed E-state index contributed by atoms with van der Waals surface area (Å²) in [6.07, 6.45) is -3.30. The van der Waals surface area contributed by atoms with Gasteiger partial charge in [0.15, 0.2) is 0 Å². The van der Waals surface area contributed by atoms with E-state index in [1.807, 2.05) is 6.92 Å². The Hall–Kier alpha value is -2.62. The minimum absolute atomic E-state index is 0.0253. The molecule has 2 rings (SSSR count). The zero-order valence-corrected chi connectivity index (χ0v) is 15.1. The highest BCUT2D eigenvalue weighted by molar-refractivity contribution is 7.99. The first-order valence-electron chi connectivity index (χ1n) is 7.88. The van der Waals surface area contributed by atoms with Crippen molar-refractivity contribution >= 4 is 23.4 Å². The fraction of sp³-hybridized carbons (Fsp3) is 0.294. The number of para-hydroxylation sites is 1. The lowest BCUT2D eigenvalue weighted by atomic mass is 10.1. The number of amides is 1. The van der Waals surface area contributed by atoms with Gasteiger partial charge in [-0.1, -0.05) is 25.1 Å². The molecule has 1 aromatic carbocycles. The monoisotopic (exact) mass is 399 g/mol. The Kier molecular flexibility index (Phi) is 6.78. The van der Waals surface area contributed by atoms with E-state index in [0.717, 1.165) is 0 Å². The average molecular weight is 399 g/mol. The third-order valence-corrected chi connectivity index (χ3v) is 4.29. The zero-order chi connectivity index (χ0) is 20.0. The first-order valence-corrected chi connectivity index (χ1v) is 8.87. The molecule has 0 radical (unpaired) electrons. The summed E-state index contributed by atoms with van der Waals surface area (Å²) in [7, 11) is 0. The Balaban J connectivity index is 2.36. The zero-order valence-electron chi connectivity index (χ0n) is 14.3. The summed E-state index contributed by atoms with van der Waals surface area (Å²) in [6.45, 7) is -0.171. The molecule has 1 amide bonds. The van der Waals surface area contributed by atoms with Crippen LogP contribution in [0.3, 0.4) is 0 Å². The van der Waals surface area contributed by atoms with E-state index >= 15 is 0 Å². The molecular formula is C17H16F3N3O3S. The molecule has 0 aliphatic heterocycles. The number of alkyl halides is 3. The molecule has 0 saturated carbocycles. The molecule has 2 aromatic rings. The molecule has 0 unspecified atom stereocenters. The van der Waals surface area contributed by atoms with Crippen molar-refractivity contribution in [2.45, 2.75) is 24.7 Å². The number of carbonyl (C=O) groups excluding carboxylic acids is 1. The predicted octanol–water partition coefficient (Wildman–Crippen LogP) is 4.31. The SMILES string of the molecule is CCSc1cc(C(=O)N(Cc2ccccc2[N+](=O)[O-])CC(F)(F)F)ccn1. The van der Waals surface area contributed by atoms with Gasteiger partial charge >= 0.3 is 6.18 Å². The number of nitrogens with zero attached hydrogens (tertiary/aromatic N) is 3. The summed E-state index contributed by atoms with van der Waals surface area (Å²) in [4.78, 5) is 27.7. The van der Waals surface area contributed by atoms with E-state index in [2.05, 4.69) is 4.98 Å². The van der Waals surface area contributed by atoms with Gasteiger partial charge in [0, 0.05) is 23.4 Å². The Morgan fingerprint density at radius 2 is 2.00 bits per heavy atom. The highest BCUT2D eigenvalue weighted by Gasteiger charge is 2.34. The van der Waals surface area contributed by atoms with E-state index in [1.54, 1.807) is 0 Å². The van der Waals surface area contributed by atoms with Gasteiger partial charge in [0.05, 0.1) is 16.5 Å². The minimum Gasteiger partial charge on any atom is -0.325 e. The number of hydrogen-bond acceptors (Lipinski definition) is 5. The average Bonchev–Trinajstić information content (AvgIpc) is 2.60. The second kappa shape index (κ2) is 8.85. The molecule has 0 aliphatic carbocycles. The van der Waals surface area contributed by atoms with Crippen molar-refractivity contribution in [2.75, 3.05) is 12.3 Å². The Morgan fingerprint density at radius 3 is 2.63 bits per heavy atom. The van der Waals surface area contributed by atoms with Crippen LogP contribution < -0.4 is 0 Å². The standard InChI is InChI=1S/C17H16F3N3O3S/c1-2-27-15-9-12(7-8-21-15)16(24)22(11-17(18,19)20)10-13-5-3-4-6-14(13)23(25)26/h3-9H,2,10-11H2,1H3. The van der Waals surface area contributed by atoms with Crippen LogP contribution in [0, 0.1) is 10.1 Å². The van der Waals surface area contributed by atoms with Gasteiger partial charge in [0.2, 0.25) is 0 Å². The van der Waals surface area contributed by atoms with Crippen LogP contribution in [-0.2, 0) is 6.54 Å². The minimum atomic E-state index is -4.65. The molecule has 10 heteroatoms. The molecule has 0 bridgehead atoms. The number of benzene rings is 1. The molecule has 1 heterocycles. The number of nitro benzene ring substituents is 1. The second-order valence-electron chi connectivity index (χ2n) is 5.48. The number of pyridine rings is 1. The van der Waals surface area contributed by atoms with Crippen molar-refractivity contribution in [3.63, 3.8) is 0 Å². The molecule has 27 heavy (non-hydrogen) atoms. The summed E-state index contributed by atoms with van der Waals surface area (Å²) in [5.74, 6) is -0.182. The van der Waals surface area contributed by atoms with Crippen molar-refractivity contribution in [3.8, 4) is 0 Å². The summed E-state index contributed by atoms with van der Waals surface area (Å²) >= 11 is 1.35. The maximum absolute atomic E-state index is 13.0. The third kappa shape index (κ3) is 5.95. The number of thioether (sulfide) groups is 1. The van der Waals surface area contributed by atoms with E-state index in [-0.39, 0.29) is 16.8 Å². The van der Waals surface area contributed by atoms with E-state index in [0.29, 0.717) is 15.7 Å². The van der Waals surface area contributed by atoms with Gasteiger partial charge in [0.1, 0.15) is 6.54 Å². The molecule has 0 fully saturated rings. The number of rotatable bonds is 7. The first kappa shape index (κ1) is 20.7. The molecule has 0 spiro atoms. The maximum Gasteiger partial charge on any atom is 0.406 e. The van der Waals surface area contributed by atoms with E-state index in [9.17, 15) is 28.1 Å². The third-order valence-electron chi connectivity index (χ3n) is 3.48. The Bertz CT molecular complexity index is 830. The lowest BCUT2D eigenvalue weighted by molar-refractivity contribution is -0.385. The normalized spacial score (nSPS) is 11.3. The highest BCUT2D eigenvalue weighted by Crippen LogP contribution is 2.25. The van der Waals surface area contributed by atoms with Crippen molar-refractivity contribution in [2.24, 2.45) is 0 Å². The fourth-order valence-corrected chi connectivity index (χ4v) is 3.04. The Morgan fingerprint density at radius 1 is 1.30 bits per heavy atom. The van der Waals surface area contributed by atoms with Gasteiger partial charge < -0.3 is 4.90 Å². The van der Waals surface area contributed by atoms with Crippen LogP contribution in [0.5, 0.6) is 0 Å². The molecule has 0 saturated heterocycles. The molecule has 0 aliphatic rings. The number of carbonyl (C=O) groups is 1. The van der Waals surface area contributed by atoms with Crippen molar-refractivity contribution in [3.05, 3.63) is 63.8 Å². The lowest BCUT2D eigenvalue weighted by Crippen LogP contribution is -2.38. The highest BCUT2D eigenvalue weighted by atomic mass is 32.2. The van der Waals surface area contributed by atoms with Crippen molar-refractivity contribution in [1.82, 2.24) is 9.88 Å². The topological polar surface area (TPSA) is 76.3 Å². The molecular weight excluding hydrogens is 383 g/mol. The Labute approximate surface area is 157 Å². The molecule has 0 atom stereocenters. The van der Waals surface area contributed by atoms with Gasteiger partial charge in [-0.05, 0) is 17.9 Å². The van der Waals surface area contributed by atoms with Gasteiger partial charge in [-0.25, -0.2) is 4.98 Å². The van der Waals surface area contributed by atoms with Crippen LogP contribution in [0.25, 0.3) is 0 Å². The van der Waals surface area contributed by atoms with E-state index in [4.69, 9.17) is 0 Å². The van der Waals surface area contributed by atoms with E-state index in [1.165, 1.54) is 54.4 Å². The van der Waals surface area contributed by atoms with Crippen LogP contribution in [0.2, 0.25) is 0 Å².